The Morgan fingerprint density at radius 1 is 1.21 bits per heavy atom. The molecule has 24 heavy (non-hydrogen) atoms. The van der Waals surface area contributed by atoms with Gasteiger partial charge in [0, 0.05) is 26.2 Å². The highest BCUT2D eigenvalue weighted by Gasteiger charge is 2.30. The first-order valence-corrected chi connectivity index (χ1v) is 8.65. The number of halogens is 1. The van der Waals surface area contributed by atoms with Crippen LogP contribution < -0.4 is 5.32 Å². The van der Waals surface area contributed by atoms with Gasteiger partial charge in [-0.05, 0) is 44.0 Å². The van der Waals surface area contributed by atoms with Gasteiger partial charge < -0.3 is 15.1 Å². The summed E-state index contributed by atoms with van der Waals surface area (Å²) in [6.07, 6.45) is 1.23. The number of hydrogen-bond donors (Lipinski definition) is 1. The van der Waals surface area contributed by atoms with Crippen LogP contribution in [0.5, 0.6) is 0 Å². The molecule has 0 unspecified atom stereocenters. The van der Waals surface area contributed by atoms with Gasteiger partial charge in [0.2, 0.25) is 0 Å². The van der Waals surface area contributed by atoms with Gasteiger partial charge in [0.15, 0.2) is 5.96 Å². The molecule has 1 aliphatic rings. The summed E-state index contributed by atoms with van der Waals surface area (Å²) in [5.41, 5.74) is 3.00. The lowest BCUT2D eigenvalue weighted by atomic mass is 9.93. The van der Waals surface area contributed by atoms with Gasteiger partial charge in [-0.3, -0.25) is 0 Å². The molecule has 1 fully saturated rings. The summed E-state index contributed by atoms with van der Waals surface area (Å²) in [6.45, 7) is 11.6. The van der Waals surface area contributed by atoms with Crippen LogP contribution in [0, 0.1) is 5.41 Å². The van der Waals surface area contributed by atoms with Crippen LogP contribution in [-0.2, 0) is 13.1 Å². The molecular formula is C19H33IN4. The Bertz CT molecular complexity index is 523. The standard InChI is InChI=1S/C19H32N4.HI/c1-6-20-18(23-12-11-19(2,3)15-23)21-13-16-7-9-17(10-8-16)14-22(4)5;/h7-10H,6,11-15H2,1-5H3,(H,20,21);1H. The van der Waals surface area contributed by atoms with Crippen molar-refractivity contribution in [1.82, 2.24) is 15.1 Å². The van der Waals surface area contributed by atoms with Gasteiger partial charge in [-0.1, -0.05) is 38.1 Å². The van der Waals surface area contributed by atoms with E-state index in [0.29, 0.717) is 5.41 Å². The summed E-state index contributed by atoms with van der Waals surface area (Å²) < 4.78 is 0. The zero-order chi connectivity index (χ0) is 16.9. The molecule has 1 aromatic rings. The van der Waals surface area contributed by atoms with Gasteiger partial charge in [0.25, 0.3) is 0 Å². The number of rotatable bonds is 5. The third kappa shape index (κ3) is 6.59. The summed E-state index contributed by atoms with van der Waals surface area (Å²) in [5.74, 6) is 1.05. The minimum Gasteiger partial charge on any atom is -0.357 e. The number of aliphatic imine (C=N–C) groups is 1. The lowest BCUT2D eigenvalue weighted by Crippen LogP contribution is -2.40. The Morgan fingerprint density at radius 3 is 2.33 bits per heavy atom. The summed E-state index contributed by atoms with van der Waals surface area (Å²) in [4.78, 5) is 9.42. The summed E-state index contributed by atoms with van der Waals surface area (Å²) in [6, 6.07) is 8.80. The molecule has 0 spiro atoms. The van der Waals surface area contributed by atoms with Gasteiger partial charge in [-0.25, -0.2) is 4.99 Å². The molecule has 0 amide bonds. The van der Waals surface area contributed by atoms with Crippen LogP contribution in [0.2, 0.25) is 0 Å². The topological polar surface area (TPSA) is 30.9 Å². The highest BCUT2D eigenvalue weighted by atomic mass is 127. The Balaban J connectivity index is 0.00000288. The molecule has 1 heterocycles. The van der Waals surface area contributed by atoms with Crippen LogP contribution >= 0.6 is 24.0 Å². The second-order valence-electron chi connectivity index (χ2n) is 7.56. The third-order valence-electron chi connectivity index (χ3n) is 4.24. The van der Waals surface area contributed by atoms with E-state index in [0.717, 1.165) is 38.7 Å². The molecule has 1 aliphatic heterocycles. The van der Waals surface area contributed by atoms with E-state index in [-0.39, 0.29) is 24.0 Å². The van der Waals surface area contributed by atoms with Crippen molar-refractivity contribution in [2.45, 2.75) is 40.3 Å². The van der Waals surface area contributed by atoms with Gasteiger partial charge in [-0.2, -0.15) is 0 Å². The normalized spacial score (nSPS) is 17.1. The number of guanidine groups is 1. The van der Waals surface area contributed by atoms with Crippen molar-refractivity contribution < 1.29 is 0 Å². The Morgan fingerprint density at radius 2 is 1.83 bits per heavy atom. The van der Waals surface area contributed by atoms with Gasteiger partial charge in [0.1, 0.15) is 0 Å². The SMILES string of the molecule is CCNC(=NCc1ccc(CN(C)C)cc1)N1CCC(C)(C)C1.I. The summed E-state index contributed by atoms with van der Waals surface area (Å²) in [7, 11) is 4.19. The fourth-order valence-electron chi connectivity index (χ4n) is 3.00. The van der Waals surface area contributed by atoms with Crippen molar-refractivity contribution in [2.24, 2.45) is 10.4 Å². The Labute approximate surface area is 164 Å². The third-order valence-corrected chi connectivity index (χ3v) is 4.24. The van der Waals surface area contributed by atoms with Crippen molar-refractivity contribution in [3.05, 3.63) is 35.4 Å². The van der Waals surface area contributed by atoms with Crippen LogP contribution in [0.25, 0.3) is 0 Å². The predicted molar refractivity (Wildman–Crippen MR) is 114 cm³/mol. The highest BCUT2D eigenvalue weighted by Crippen LogP contribution is 2.28. The first-order chi connectivity index (χ1) is 10.9. The van der Waals surface area contributed by atoms with Crippen molar-refractivity contribution in [3.8, 4) is 0 Å². The molecule has 0 saturated carbocycles. The summed E-state index contributed by atoms with van der Waals surface area (Å²) in [5, 5.41) is 3.44. The van der Waals surface area contributed by atoms with E-state index in [1.807, 2.05) is 0 Å². The second-order valence-corrected chi connectivity index (χ2v) is 7.56. The summed E-state index contributed by atoms with van der Waals surface area (Å²) >= 11 is 0. The molecule has 136 valence electrons. The average molecular weight is 444 g/mol. The van der Waals surface area contributed by atoms with E-state index in [9.17, 15) is 0 Å². The molecule has 0 aromatic heterocycles. The van der Waals surface area contributed by atoms with Crippen molar-refractivity contribution in [2.75, 3.05) is 33.7 Å². The van der Waals surface area contributed by atoms with Crippen LogP contribution in [-0.4, -0.2) is 49.5 Å². The monoisotopic (exact) mass is 444 g/mol. The highest BCUT2D eigenvalue weighted by molar-refractivity contribution is 14.0. The van der Waals surface area contributed by atoms with Crippen molar-refractivity contribution >= 4 is 29.9 Å². The average Bonchev–Trinajstić information content (AvgIpc) is 2.84. The molecular weight excluding hydrogens is 411 g/mol. The van der Waals surface area contributed by atoms with Gasteiger partial charge in [0.05, 0.1) is 6.54 Å². The molecule has 0 bridgehead atoms. The number of hydrogen-bond acceptors (Lipinski definition) is 2. The van der Waals surface area contributed by atoms with Crippen molar-refractivity contribution in [3.63, 3.8) is 0 Å². The first kappa shape index (κ1) is 21.2. The number of likely N-dealkylation sites (tertiary alicyclic amines) is 1. The minimum absolute atomic E-state index is 0. The molecule has 0 atom stereocenters. The van der Waals surface area contributed by atoms with Crippen LogP contribution in [0.4, 0.5) is 0 Å². The molecule has 0 aliphatic carbocycles. The number of nitrogens with one attached hydrogen (secondary N) is 1. The quantitative estimate of drug-likeness (QED) is 0.428. The zero-order valence-corrected chi connectivity index (χ0v) is 18.1. The van der Waals surface area contributed by atoms with Gasteiger partial charge in [-0.15, -0.1) is 24.0 Å². The van der Waals surface area contributed by atoms with E-state index in [4.69, 9.17) is 4.99 Å². The Hall–Kier alpha value is -0.820. The molecule has 1 saturated heterocycles. The van der Waals surface area contributed by atoms with Crippen LogP contribution in [0.15, 0.2) is 29.3 Å². The van der Waals surface area contributed by atoms with E-state index in [1.165, 1.54) is 17.5 Å². The molecule has 0 radical (unpaired) electrons. The lowest BCUT2D eigenvalue weighted by Gasteiger charge is -2.23. The minimum atomic E-state index is 0. The first-order valence-electron chi connectivity index (χ1n) is 8.65. The molecule has 1 N–H and O–H groups in total. The maximum absolute atomic E-state index is 4.84. The molecule has 1 aromatic carbocycles. The van der Waals surface area contributed by atoms with Gasteiger partial charge >= 0.3 is 0 Å². The maximum Gasteiger partial charge on any atom is 0.194 e. The number of benzene rings is 1. The van der Waals surface area contributed by atoms with E-state index in [2.05, 4.69) is 74.2 Å². The fourth-order valence-corrected chi connectivity index (χ4v) is 3.00. The molecule has 2 rings (SSSR count). The lowest BCUT2D eigenvalue weighted by molar-refractivity contribution is 0.370. The largest absolute Gasteiger partial charge is 0.357 e. The number of nitrogens with zero attached hydrogens (tertiary/aromatic N) is 3. The zero-order valence-electron chi connectivity index (χ0n) is 15.8. The van der Waals surface area contributed by atoms with E-state index >= 15 is 0 Å². The maximum atomic E-state index is 4.84. The van der Waals surface area contributed by atoms with Crippen molar-refractivity contribution in [1.29, 1.82) is 0 Å². The smallest absolute Gasteiger partial charge is 0.194 e. The van der Waals surface area contributed by atoms with Crippen LogP contribution in [0.3, 0.4) is 0 Å². The van der Waals surface area contributed by atoms with E-state index in [1.54, 1.807) is 0 Å². The van der Waals surface area contributed by atoms with Crippen LogP contribution in [0.1, 0.15) is 38.3 Å². The predicted octanol–water partition coefficient (Wildman–Crippen LogP) is 3.56. The fraction of sp³-hybridized carbons (Fsp3) is 0.632. The molecule has 4 nitrogen and oxygen atoms in total. The molecule has 5 heteroatoms. The second kappa shape index (κ2) is 9.61. The Kier molecular flexibility index (Phi) is 8.50. The van der Waals surface area contributed by atoms with E-state index < -0.39 is 0 Å².